The summed E-state index contributed by atoms with van der Waals surface area (Å²) in [5.74, 6) is 1.49. The zero-order valence-corrected chi connectivity index (χ0v) is 15.0. The maximum atomic E-state index is 4.77. The number of guanidine groups is 1. The topological polar surface area (TPSA) is 54.2 Å². The molecule has 1 aliphatic rings. The Kier molecular flexibility index (Phi) is 4.88. The third-order valence-corrected chi connectivity index (χ3v) is 4.74. The maximum Gasteiger partial charge on any atom is 0.191 e. The van der Waals surface area contributed by atoms with E-state index in [-0.39, 0.29) is 0 Å². The quantitative estimate of drug-likeness (QED) is 0.656. The van der Waals surface area contributed by atoms with Gasteiger partial charge in [-0.2, -0.15) is 5.10 Å². The van der Waals surface area contributed by atoms with Crippen LogP contribution in [0.3, 0.4) is 0 Å². The molecule has 2 aromatic rings. The minimum Gasteiger partial charge on any atom is -0.357 e. The van der Waals surface area contributed by atoms with Crippen LogP contribution in [0.25, 0.3) is 0 Å². The highest BCUT2D eigenvalue weighted by Gasteiger charge is 2.38. The molecule has 1 saturated carbocycles. The largest absolute Gasteiger partial charge is 0.357 e. The van der Waals surface area contributed by atoms with E-state index >= 15 is 0 Å². The van der Waals surface area contributed by atoms with Gasteiger partial charge >= 0.3 is 0 Å². The number of benzene rings is 1. The number of aromatic nitrogens is 2. The predicted molar refractivity (Wildman–Crippen MR) is 98.2 cm³/mol. The lowest BCUT2D eigenvalue weighted by molar-refractivity contribution is 0.729. The van der Waals surface area contributed by atoms with Crippen LogP contribution in [0.5, 0.6) is 0 Å². The number of rotatable bonds is 5. The molecule has 5 heteroatoms. The van der Waals surface area contributed by atoms with Gasteiger partial charge in [0.15, 0.2) is 5.96 Å². The van der Waals surface area contributed by atoms with Crippen LogP contribution in [-0.2, 0) is 13.6 Å². The number of aliphatic imine (C=N–C) groups is 1. The standard InChI is InChI=1S/C19H27N5/c1-5-20-19(21-12-17-13(2)23-24(4)14(17)3)22-18-11-16(18)15-9-7-6-8-10-15/h6-10,16,18H,5,11-12H2,1-4H3,(H2,20,21,22). The summed E-state index contributed by atoms with van der Waals surface area (Å²) in [7, 11) is 1.98. The monoisotopic (exact) mass is 325 g/mol. The number of aryl methyl sites for hydroxylation is 2. The fourth-order valence-electron chi connectivity index (χ4n) is 3.12. The van der Waals surface area contributed by atoms with Crippen LogP contribution in [-0.4, -0.2) is 28.3 Å². The van der Waals surface area contributed by atoms with Crippen LogP contribution in [0.1, 0.15) is 41.8 Å². The Morgan fingerprint density at radius 3 is 2.67 bits per heavy atom. The average Bonchev–Trinajstić information content (AvgIpc) is 3.29. The Hall–Kier alpha value is -2.30. The van der Waals surface area contributed by atoms with Crippen molar-refractivity contribution >= 4 is 5.96 Å². The fraction of sp³-hybridized carbons (Fsp3) is 0.474. The van der Waals surface area contributed by atoms with Crippen molar-refractivity contribution < 1.29 is 0 Å². The van der Waals surface area contributed by atoms with Gasteiger partial charge in [-0.05, 0) is 32.8 Å². The zero-order valence-electron chi connectivity index (χ0n) is 15.0. The molecule has 0 spiro atoms. The van der Waals surface area contributed by atoms with Crippen molar-refractivity contribution in [2.24, 2.45) is 12.0 Å². The predicted octanol–water partition coefficient (Wildman–Crippen LogP) is 2.65. The van der Waals surface area contributed by atoms with Crippen molar-refractivity contribution in [2.45, 2.75) is 45.7 Å². The Morgan fingerprint density at radius 1 is 1.29 bits per heavy atom. The molecular formula is C19H27N5. The molecule has 24 heavy (non-hydrogen) atoms. The highest BCUT2D eigenvalue weighted by Crippen LogP contribution is 2.40. The molecule has 2 unspecified atom stereocenters. The molecule has 1 aliphatic carbocycles. The first-order valence-electron chi connectivity index (χ1n) is 8.69. The van der Waals surface area contributed by atoms with E-state index in [1.165, 1.54) is 23.2 Å². The number of nitrogens with zero attached hydrogens (tertiary/aromatic N) is 3. The van der Waals surface area contributed by atoms with Gasteiger partial charge in [-0.25, -0.2) is 4.99 Å². The summed E-state index contributed by atoms with van der Waals surface area (Å²) in [4.78, 5) is 4.77. The summed E-state index contributed by atoms with van der Waals surface area (Å²) < 4.78 is 1.92. The molecule has 2 N–H and O–H groups in total. The molecule has 0 bridgehead atoms. The molecule has 1 heterocycles. The Morgan fingerprint density at radius 2 is 2.04 bits per heavy atom. The summed E-state index contributed by atoms with van der Waals surface area (Å²) in [5.41, 5.74) is 4.86. The van der Waals surface area contributed by atoms with Crippen LogP contribution in [0.4, 0.5) is 0 Å². The second-order valence-electron chi connectivity index (χ2n) is 6.47. The van der Waals surface area contributed by atoms with Gasteiger partial charge in [0.25, 0.3) is 0 Å². The van der Waals surface area contributed by atoms with Crippen LogP contribution in [0, 0.1) is 13.8 Å². The maximum absolute atomic E-state index is 4.77. The van der Waals surface area contributed by atoms with E-state index in [1.807, 2.05) is 18.7 Å². The molecule has 0 saturated heterocycles. The van der Waals surface area contributed by atoms with Crippen LogP contribution < -0.4 is 10.6 Å². The Balaban J connectivity index is 1.65. The van der Waals surface area contributed by atoms with E-state index in [2.05, 4.69) is 59.9 Å². The van der Waals surface area contributed by atoms with Gasteiger partial charge in [-0.3, -0.25) is 4.68 Å². The van der Waals surface area contributed by atoms with Gasteiger partial charge in [-0.1, -0.05) is 30.3 Å². The molecule has 128 valence electrons. The molecule has 0 amide bonds. The van der Waals surface area contributed by atoms with Gasteiger partial charge in [0.2, 0.25) is 0 Å². The first-order chi connectivity index (χ1) is 11.6. The lowest BCUT2D eigenvalue weighted by atomic mass is 10.1. The van der Waals surface area contributed by atoms with E-state index in [9.17, 15) is 0 Å². The van der Waals surface area contributed by atoms with Crippen molar-refractivity contribution in [3.05, 3.63) is 52.8 Å². The smallest absolute Gasteiger partial charge is 0.191 e. The molecule has 3 rings (SSSR count). The van der Waals surface area contributed by atoms with Gasteiger partial charge in [-0.15, -0.1) is 0 Å². The van der Waals surface area contributed by atoms with E-state index in [1.54, 1.807) is 0 Å². The molecule has 1 fully saturated rings. The lowest BCUT2D eigenvalue weighted by Gasteiger charge is -2.11. The van der Waals surface area contributed by atoms with E-state index in [0.717, 1.165) is 18.2 Å². The number of nitrogens with one attached hydrogen (secondary N) is 2. The normalized spacial score (nSPS) is 20.1. The molecular weight excluding hydrogens is 298 g/mol. The fourth-order valence-corrected chi connectivity index (χ4v) is 3.12. The molecule has 0 radical (unpaired) electrons. The number of hydrogen-bond acceptors (Lipinski definition) is 2. The van der Waals surface area contributed by atoms with Gasteiger partial charge in [0, 0.05) is 36.8 Å². The summed E-state index contributed by atoms with van der Waals surface area (Å²) in [6.07, 6.45) is 1.17. The molecule has 1 aromatic heterocycles. The first-order valence-corrected chi connectivity index (χ1v) is 8.69. The van der Waals surface area contributed by atoms with Crippen LogP contribution >= 0.6 is 0 Å². The highest BCUT2D eigenvalue weighted by molar-refractivity contribution is 5.80. The van der Waals surface area contributed by atoms with Crippen LogP contribution in [0.2, 0.25) is 0 Å². The van der Waals surface area contributed by atoms with E-state index < -0.39 is 0 Å². The summed E-state index contributed by atoms with van der Waals surface area (Å²) >= 11 is 0. The average molecular weight is 325 g/mol. The third kappa shape index (κ3) is 3.61. The van der Waals surface area contributed by atoms with Crippen molar-refractivity contribution in [3.63, 3.8) is 0 Å². The Labute approximate surface area is 144 Å². The Bertz CT molecular complexity index is 717. The van der Waals surface area contributed by atoms with Gasteiger partial charge < -0.3 is 10.6 Å². The van der Waals surface area contributed by atoms with Gasteiger partial charge in [0.05, 0.1) is 12.2 Å². The molecule has 0 aliphatic heterocycles. The van der Waals surface area contributed by atoms with E-state index in [4.69, 9.17) is 4.99 Å². The third-order valence-electron chi connectivity index (χ3n) is 4.74. The van der Waals surface area contributed by atoms with Crippen molar-refractivity contribution in [1.82, 2.24) is 20.4 Å². The second-order valence-corrected chi connectivity index (χ2v) is 6.47. The second kappa shape index (κ2) is 7.07. The van der Waals surface area contributed by atoms with Gasteiger partial charge in [0.1, 0.15) is 0 Å². The van der Waals surface area contributed by atoms with Crippen molar-refractivity contribution in [1.29, 1.82) is 0 Å². The number of hydrogen-bond donors (Lipinski definition) is 2. The first kappa shape index (κ1) is 16.6. The summed E-state index contributed by atoms with van der Waals surface area (Å²) in [6, 6.07) is 11.2. The van der Waals surface area contributed by atoms with Crippen molar-refractivity contribution in [2.75, 3.05) is 6.54 Å². The summed E-state index contributed by atoms with van der Waals surface area (Å²) in [5, 5.41) is 11.4. The SMILES string of the molecule is CCNC(=NCc1c(C)nn(C)c1C)NC1CC1c1ccccc1. The molecule has 1 aromatic carbocycles. The van der Waals surface area contributed by atoms with Crippen molar-refractivity contribution in [3.8, 4) is 0 Å². The molecule has 5 nitrogen and oxygen atoms in total. The minimum absolute atomic E-state index is 0.473. The zero-order chi connectivity index (χ0) is 17.1. The highest BCUT2D eigenvalue weighted by atomic mass is 15.3. The summed E-state index contributed by atoms with van der Waals surface area (Å²) in [6.45, 7) is 7.75. The molecule has 2 atom stereocenters. The van der Waals surface area contributed by atoms with E-state index in [0.29, 0.717) is 18.5 Å². The van der Waals surface area contributed by atoms with Crippen LogP contribution in [0.15, 0.2) is 35.3 Å². The lowest BCUT2D eigenvalue weighted by Crippen LogP contribution is -2.39. The minimum atomic E-state index is 0.473.